The van der Waals surface area contributed by atoms with E-state index >= 15 is 0 Å². The number of fused-ring (bicyclic) bond motifs is 2. The fraction of sp³-hybridized carbons (Fsp3) is 0.233. The summed E-state index contributed by atoms with van der Waals surface area (Å²) in [5, 5.41) is 0. The zero-order valence-corrected chi connectivity index (χ0v) is 21.9. The van der Waals surface area contributed by atoms with Gasteiger partial charge in [-0.25, -0.2) is 4.98 Å². The van der Waals surface area contributed by atoms with Gasteiger partial charge in [0.25, 0.3) is 0 Å². The van der Waals surface area contributed by atoms with Gasteiger partial charge in [-0.1, -0.05) is 23.9 Å². The highest BCUT2D eigenvalue weighted by atomic mass is 32.2. The summed E-state index contributed by atoms with van der Waals surface area (Å²) in [6.45, 7) is 2.68. The van der Waals surface area contributed by atoms with Crippen molar-refractivity contribution in [3.8, 4) is 5.75 Å². The minimum absolute atomic E-state index is 0.108. The Hall–Kier alpha value is -3.69. The zero-order chi connectivity index (χ0) is 27.0. The highest BCUT2D eigenvalue weighted by Crippen LogP contribution is 2.52. The highest BCUT2D eigenvalue weighted by Gasteiger charge is 2.33. The summed E-state index contributed by atoms with van der Waals surface area (Å²) >= 11 is 1.48. The SMILES string of the molecule is Nc1cc(CN2CCC(Oc3ccc(N4c5ccccc5Sc5ccc(C(F)(F)F)cc54)cc3)CC2)ccn1. The smallest absolute Gasteiger partial charge is 0.416 e. The van der Waals surface area contributed by atoms with Gasteiger partial charge in [-0.2, -0.15) is 13.2 Å². The molecule has 0 unspecified atom stereocenters. The molecule has 9 heteroatoms. The average molecular weight is 549 g/mol. The molecule has 0 amide bonds. The monoisotopic (exact) mass is 548 g/mol. The van der Waals surface area contributed by atoms with E-state index in [1.807, 2.05) is 65.6 Å². The van der Waals surface area contributed by atoms with Crippen molar-refractivity contribution in [2.75, 3.05) is 23.7 Å². The van der Waals surface area contributed by atoms with Gasteiger partial charge >= 0.3 is 6.18 Å². The van der Waals surface area contributed by atoms with Crippen LogP contribution in [0.25, 0.3) is 0 Å². The van der Waals surface area contributed by atoms with E-state index in [1.165, 1.54) is 17.8 Å². The van der Waals surface area contributed by atoms with Gasteiger partial charge in [-0.15, -0.1) is 0 Å². The van der Waals surface area contributed by atoms with Gasteiger partial charge in [0.2, 0.25) is 0 Å². The number of rotatable bonds is 5. The number of para-hydroxylation sites is 1. The number of hydrogen-bond donors (Lipinski definition) is 1. The molecule has 0 spiro atoms. The molecule has 6 rings (SSSR count). The third kappa shape index (κ3) is 5.55. The maximum Gasteiger partial charge on any atom is 0.416 e. The number of alkyl halides is 3. The minimum atomic E-state index is -4.42. The Labute approximate surface area is 229 Å². The van der Waals surface area contributed by atoms with E-state index in [0.717, 1.165) is 71.0 Å². The van der Waals surface area contributed by atoms with Gasteiger partial charge in [-0.3, -0.25) is 4.90 Å². The van der Waals surface area contributed by atoms with E-state index in [4.69, 9.17) is 10.5 Å². The molecular formula is C30H27F3N4OS. The molecule has 4 aromatic rings. The van der Waals surface area contributed by atoms with Crippen molar-refractivity contribution in [2.45, 2.75) is 41.5 Å². The number of pyridine rings is 1. The summed E-state index contributed by atoms with van der Waals surface area (Å²) in [6, 6.07) is 23.2. The second-order valence-corrected chi connectivity index (χ2v) is 10.8. The topological polar surface area (TPSA) is 54.6 Å². The lowest BCUT2D eigenvalue weighted by Crippen LogP contribution is -2.37. The molecule has 0 radical (unpaired) electrons. The van der Waals surface area contributed by atoms with E-state index in [0.29, 0.717) is 11.5 Å². The quantitative estimate of drug-likeness (QED) is 0.243. The Morgan fingerprint density at radius 2 is 1.64 bits per heavy atom. The fourth-order valence-corrected chi connectivity index (χ4v) is 6.15. The predicted octanol–water partition coefficient (Wildman–Crippen LogP) is 7.66. The lowest BCUT2D eigenvalue weighted by molar-refractivity contribution is -0.137. The number of anilines is 4. The molecule has 200 valence electrons. The van der Waals surface area contributed by atoms with Crippen LogP contribution in [0.4, 0.5) is 36.1 Å². The van der Waals surface area contributed by atoms with Crippen molar-refractivity contribution in [2.24, 2.45) is 0 Å². The van der Waals surface area contributed by atoms with Gasteiger partial charge in [0.15, 0.2) is 0 Å². The minimum Gasteiger partial charge on any atom is -0.490 e. The Bertz CT molecular complexity index is 1470. The Balaban J connectivity index is 1.17. The van der Waals surface area contributed by atoms with Crippen LogP contribution >= 0.6 is 11.8 Å². The van der Waals surface area contributed by atoms with Crippen LogP contribution in [0.3, 0.4) is 0 Å². The van der Waals surface area contributed by atoms with Crippen LogP contribution in [0.5, 0.6) is 5.75 Å². The second kappa shape index (κ2) is 10.5. The molecule has 2 aliphatic heterocycles. The molecule has 0 atom stereocenters. The third-order valence-electron chi connectivity index (χ3n) is 7.04. The lowest BCUT2D eigenvalue weighted by Gasteiger charge is -2.34. The molecule has 3 aromatic carbocycles. The molecule has 1 fully saturated rings. The van der Waals surface area contributed by atoms with Gasteiger partial charge in [0.1, 0.15) is 17.7 Å². The van der Waals surface area contributed by atoms with Crippen LogP contribution in [-0.2, 0) is 12.7 Å². The molecule has 5 nitrogen and oxygen atoms in total. The van der Waals surface area contributed by atoms with Crippen LogP contribution in [0, 0.1) is 0 Å². The Kier molecular flexibility index (Phi) is 6.86. The van der Waals surface area contributed by atoms with Crippen molar-refractivity contribution in [1.29, 1.82) is 0 Å². The van der Waals surface area contributed by atoms with Crippen LogP contribution in [0.15, 0.2) is 94.9 Å². The number of halogens is 3. The molecule has 1 saturated heterocycles. The lowest BCUT2D eigenvalue weighted by atomic mass is 10.1. The van der Waals surface area contributed by atoms with Gasteiger partial charge in [0.05, 0.1) is 16.9 Å². The molecule has 3 heterocycles. The van der Waals surface area contributed by atoms with Gasteiger partial charge < -0.3 is 15.4 Å². The number of hydrogen-bond acceptors (Lipinski definition) is 6. The molecule has 2 N–H and O–H groups in total. The summed E-state index contributed by atoms with van der Waals surface area (Å²) in [5.74, 6) is 1.29. The van der Waals surface area contributed by atoms with Gasteiger partial charge in [-0.05, 0) is 85.1 Å². The fourth-order valence-electron chi connectivity index (χ4n) is 5.11. The van der Waals surface area contributed by atoms with E-state index in [-0.39, 0.29) is 6.10 Å². The molecule has 2 aliphatic rings. The van der Waals surface area contributed by atoms with Crippen molar-refractivity contribution < 1.29 is 17.9 Å². The molecule has 0 saturated carbocycles. The number of ether oxygens (including phenoxy) is 1. The molecule has 39 heavy (non-hydrogen) atoms. The normalized spacial score (nSPS) is 16.0. The number of piperidine rings is 1. The average Bonchev–Trinajstić information content (AvgIpc) is 2.92. The summed E-state index contributed by atoms with van der Waals surface area (Å²) in [5.41, 5.74) is 8.44. The number of nitrogen functional groups attached to an aromatic ring is 1. The number of nitrogens with zero attached hydrogens (tertiary/aromatic N) is 3. The van der Waals surface area contributed by atoms with E-state index < -0.39 is 11.7 Å². The zero-order valence-electron chi connectivity index (χ0n) is 21.1. The van der Waals surface area contributed by atoms with Crippen LogP contribution in [-0.4, -0.2) is 29.1 Å². The number of nitrogens with two attached hydrogens (primary N) is 1. The van der Waals surface area contributed by atoms with E-state index in [9.17, 15) is 13.2 Å². The predicted molar refractivity (Wildman–Crippen MR) is 148 cm³/mol. The van der Waals surface area contributed by atoms with Crippen molar-refractivity contribution in [3.63, 3.8) is 0 Å². The van der Waals surface area contributed by atoms with Crippen LogP contribution in [0.2, 0.25) is 0 Å². The van der Waals surface area contributed by atoms with Crippen molar-refractivity contribution >= 4 is 34.6 Å². The number of benzene rings is 3. The summed E-state index contributed by atoms with van der Waals surface area (Å²) in [7, 11) is 0. The molecule has 1 aromatic heterocycles. The molecule has 0 bridgehead atoms. The third-order valence-corrected chi connectivity index (χ3v) is 8.17. The molecular weight excluding hydrogens is 521 g/mol. The highest BCUT2D eigenvalue weighted by molar-refractivity contribution is 7.99. The number of aromatic nitrogens is 1. The summed E-state index contributed by atoms with van der Waals surface area (Å²) < 4.78 is 47.0. The molecule has 0 aliphatic carbocycles. The Morgan fingerprint density at radius 1 is 0.897 bits per heavy atom. The van der Waals surface area contributed by atoms with Crippen LogP contribution in [0.1, 0.15) is 24.0 Å². The Morgan fingerprint density at radius 3 is 2.38 bits per heavy atom. The van der Waals surface area contributed by atoms with Gasteiger partial charge in [0, 0.05) is 41.3 Å². The van der Waals surface area contributed by atoms with E-state index in [1.54, 1.807) is 12.3 Å². The summed E-state index contributed by atoms with van der Waals surface area (Å²) in [4.78, 5) is 10.1. The number of likely N-dealkylation sites (tertiary alicyclic amines) is 1. The van der Waals surface area contributed by atoms with Crippen LogP contribution < -0.4 is 15.4 Å². The first-order chi connectivity index (χ1) is 18.8. The first-order valence-corrected chi connectivity index (χ1v) is 13.6. The maximum absolute atomic E-state index is 13.6. The second-order valence-electron chi connectivity index (χ2n) is 9.76. The standard InChI is InChI=1S/C30H27F3N4OS/c31-30(32,33)21-5-10-28-26(18-21)37(25-3-1-2-4-27(25)39-28)22-6-8-23(9-7-22)38-24-12-15-36(16-13-24)19-20-11-14-35-29(34)17-20/h1-11,14,17-18,24H,12-13,15-16,19H2,(H2,34,35). The largest absolute Gasteiger partial charge is 0.490 e. The van der Waals surface area contributed by atoms with Crippen molar-refractivity contribution in [3.05, 3.63) is 96.2 Å². The van der Waals surface area contributed by atoms with Crippen molar-refractivity contribution in [1.82, 2.24) is 9.88 Å². The summed E-state index contributed by atoms with van der Waals surface area (Å²) in [6.07, 6.45) is -0.753. The first-order valence-electron chi connectivity index (χ1n) is 12.8. The maximum atomic E-state index is 13.6. The first kappa shape index (κ1) is 25.6. The van der Waals surface area contributed by atoms with E-state index in [2.05, 4.69) is 9.88 Å².